The molecule has 0 spiro atoms. The second kappa shape index (κ2) is 8.32. The summed E-state index contributed by atoms with van der Waals surface area (Å²) in [7, 11) is 0. The summed E-state index contributed by atoms with van der Waals surface area (Å²) in [6.45, 7) is 11.0. The first-order chi connectivity index (χ1) is 14.3. The summed E-state index contributed by atoms with van der Waals surface area (Å²) in [5, 5.41) is 8.42. The Bertz CT molecular complexity index is 930. The van der Waals surface area contributed by atoms with Crippen molar-refractivity contribution >= 4 is 0 Å². The third-order valence-corrected chi connectivity index (χ3v) is 5.82. The van der Waals surface area contributed by atoms with E-state index in [0.29, 0.717) is 6.04 Å². The molecule has 0 amide bonds. The zero-order valence-electron chi connectivity index (χ0n) is 18.5. The molecule has 1 aromatic carbocycles. The first-order valence-corrected chi connectivity index (χ1v) is 10.8. The van der Waals surface area contributed by atoms with Crippen molar-refractivity contribution in [3.63, 3.8) is 0 Å². The molecule has 4 rings (SSSR count). The number of rotatable bonds is 6. The van der Waals surface area contributed by atoms with Crippen molar-refractivity contribution in [3.05, 3.63) is 78.4 Å². The predicted octanol–water partition coefficient (Wildman–Crippen LogP) is 4.58. The molecule has 1 N–H and O–H groups in total. The van der Waals surface area contributed by atoms with Crippen LogP contribution >= 0.6 is 0 Å². The van der Waals surface area contributed by atoms with E-state index in [9.17, 15) is 0 Å². The van der Waals surface area contributed by atoms with Gasteiger partial charge in [0, 0.05) is 48.2 Å². The Balaban J connectivity index is 1.59. The van der Waals surface area contributed by atoms with E-state index in [1.807, 2.05) is 41.3 Å². The summed E-state index contributed by atoms with van der Waals surface area (Å²) >= 11 is 0. The number of piperidine rings is 1. The van der Waals surface area contributed by atoms with Crippen molar-refractivity contribution in [2.24, 2.45) is 0 Å². The maximum absolute atomic E-state index is 4.61. The highest BCUT2D eigenvalue weighted by molar-refractivity contribution is 5.31. The smallest absolute Gasteiger partial charge is 0.0645 e. The molecule has 0 saturated carbocycles. The van der Waals surface area contributed by atoms with Gasteiger partial charge in [-0.15, -0.1) is 0 Å². The van der Waals surface area contributed by atoms with Crippen molar-refractivity contribution in [1.82, 2.24) is 25.0 Å². The number of hydrogen-bond acceptors (Lipinski definition) is 4. The van der Waals surface area contributed by atoms with Crippen LogP contribution in [0.15, 0.2) is 67.1 Å². The second-order valence-electron chi connectivity index (χ2n) is 9.81. The molecule has 1 fully saturated rings. The summed E-state index contributed by atoms with van der Waals surface area (Å²) in [4.78, 5) is 7.18. The molecule has 0 bridgehead atoms. The fourth-order valence-corrected chi connectivity index (χ4v) is 4.94. The lowest BCUT2D eigenvalue weighted by molar-refractivity contribution is 0.0556. The lowest BCUT2D eigenvalue weighted by Crippen LogP contribution is -2.62. The highest BCUT2D eigenvalue weighted by Crippen LogP contribution is 2.33. The molecular weight excluding hydrogens is 370 g/mol. The SMILES string of the molecule is CC1(C)CC(N(Cc2cnn(-c3ccccc3)c2)Cc2ccccn2)CC(C)(C)N1. The quantitative estimate of drug-likeness (QED) is 0.654. The topological polar surface area (TPSA) is 46.0 Å². The van der Waals surface area contributed by atoms with Gasteiger partial charge in [-0.3, -0.25) is 9.88 Å². The number of nitrogens with one attached hydrogen (secondary N) is 1. The largest absolute Gasteiger partial charge is 0.307 e. The van der Waals surface area contributed by atoms with Crippen LogP contribution in [0.5, 0.6) is 0 Å². The average molecular weight is 404 g/mol. The summed E-state index contributed by atoms with van der Waals surface area (Å²) in [6.07, 6.45) is 8.25. The van der Waals surface area contributed by atoms with Crippen LogP contribution in [0.25, 0.3) is 5.69 Å². The Morgan fingerprint density at radius 3 is 2.33 bits per heavy atom. The Hall–Kier alpha value is -2.50. The number of benzene rings is 1. The molecule has 0 aliphatic carbocycles. The van der Waals surface area contributed by atoms with E-state index in [1.165, 1.54) is 5.56 Å². The highest BCUT2D eigenvalue weighted by atomic mass is 15.3. The van der Waals surface area contributed by atoms with Crippen LogP contribution in [0.4, 0.5) is 0 Å². The van der Waals surface area contributed by atoms with Gasteiger partial charge in [0.1, 0.15) is 0 Å². The minimum absolute atomic E-state index is 0.100. The summed E-state index contributed by atoms with van der Waals surface area (Å²) < 4.78 is 1.96. The van der Waals surface area contributed by atoms with Gasteiger partial charge in [0.25, 0.3) is 0 Å². The van der Waals surface area contributed by atoms with Crippen LogP contribution < -0.4 is 5.32 Å². The van der Waals surface area contributed by atoms with Crippen LogP contribution in [-0.2, 0) is 13.1 Å². The van der Waals surface area contributed by atoms with Crippen molar-refractivity contribution in [2.75, 3.05) is 0 Å². The van der Waals surface area contributed by atoms with Crippen LogP contribution in [0, 0.1) is 0 Å². The van der Waals surface area contributed by atoms with Gasteiger partial charge < -0.3 is 5.32 Å². The lowest BCUT2D eigenvalue weighted by atomic mass is 9.79. The zero-order chi connectivity index (χ0) is 21.2. The van der Waals surface area contributed by atoms with E-state index < -0.39 is 0 Å². The van der Waals surface area contributed by atoms with Gasteiger partial charge in [-0.1, -0.05) is 24.3 Å². The Morgan fingerprint density at radius 1 is 0.967 bits per heavy atom. The van der Waals surface area contributed by atoms with Crippen LogP contribution in [0.2, 0.25) is 0 Å². The van der Waals surface area contributed by atoms with Crippen molar-refractivity contribution in [2.45, 2.75) is 70.7 Å². The van der Waals surface area contributed by atoms with E-state index in [1.54, 1.807) is 0 Å². The monoisotopic (exact) mass is 403 g/mol. The third kappa shape index (κ3) is 5.15. The van der Waals surface area contributed by atoms with E-state index in [2.05, 4.69) is 78.5 Å². The highest BCUT2D eigenvalue weighted by Gasteiger charge is 2.40. The van der Waals surface area contributed by atoms with Gasteiger partial charge in [-0.25, -0.2) is 4.68 Å². The molecule has 0 unspecified atom stereocenters. The summed E-state index contributed by atoms with van der Waals surface area (Å²) in [6, 6.07) is 16.9. The number of pyridine rings is 1. The van der Waals surface area contributed by atoms with Gasteiger partial charge in [-0.2, -0.15) is 5.10 Å². The van der Waals surface area contributed by atoms with Gasteiger partial charge in [0.05, 0.1) is 17.6 Å². The van der Waals surface area contributed by atoms with E-state index in [-0.39, 0.29) is 11.1 Å². The zero-order valence-corrected chi connectivity index (χ0v) is 18.5. The minimum atomic E-state index is 0.100. The van der Waals surface area contributed by atoms with E-state index in [0.717, 1.165) is 37.3 Å². The Morgan fingerprint density at radius 2 is 1.67 bits per heavy atom. The average Bonchev–Trinajstić information content (AvgIpc) is 3.15. The Kier molecular flexibility index (Phi) is 5.76. The molecule has 5 heteroatoms. The van der Waals surface area contributed by atoms with Gasteiger partial charge in [0.2, 0.25) is 0 Å². The molecular formula is C25H33N5. The van der Waals surface area contributed by atoms with Gasteiger partial charge in [-0.05, 0) is 64.8 Å². The standard InChI is InChI=1S/C25H33N5/c1-24(2)14-23(15-25(3,4)28-24)29(19-21-10-8-9-13-26-21)17-20-16-27-30(18-20)22-11-6-5-7-12-22/h5-13,16,18,23,28H,14-15,17,19H2,1-4H3. The van der Waals surface area contributed by atoms with E-state index in [4.69, 9.17) is 0 Å². The first kappa shape index (κ1) is 20.8. The Labute approximate surface area is 180 Å². The molecule has 5 nitrogen and oxygen atoms in total. The van der Waals surface area contributed by atoms with Crippen LogP contribution in [-0.4, -0.2) is 36.8 Å². The maximum Gasteiger partial charge on any atom is 0.0645 e. The number of hydrogen-bond donors (Lipinski definition) is 1. The lowest BCUT2D eigenvalue weighted by Gasteiger charge is -2.49. The first-order valence-electron chi connectivity index (χ1n) is 10.8. The molecule has 1 aliphatic rings. The summed E-state index contributed by atoms with van der Waals surface area (Å²) in [5.41, 5.74) is 3.63. The number of para-hydroxylation sites is 1. The molecule has 30 heavy (non-hydrogen) atoms. The molecule has 1 aliphatic heterocycles. The fourth-order valence-electron chi connectivity index (χ4n) is 4.94. The minimum Gasteiger partial charge on any atom is -0.307 e. The molecule has 158 valence electrons. The molecule has 2 aromatic heterocycles. The van der Waals surface area contributed by atoms with Gasteiger partial charge in [0.15, 0.2) is 0 Å². The number of nitrogens with zero attached hydrogens (tertiary/aromatic N) is 4. The second-order valence-corrected chi connectivity index (χ2v) is 9.81. The van der Waals surface area contributed by atoms with Crippen molar-refractivity contribution in [3.8, 4) is 5.69 Å². The van der Waals surface area contributed by atoms with Crippen molar-refractivity contribution in [1.29, 1.82) is 0 Å². The van der Waals surface area contributed by atoms with Crippen LogP contribution in [0.1, 0.15) is 51.8 Å². The third-order valence-electron chi connectivity index (χ3n) is 5.82. The molecule has 3 heterocycles. The fraction of sp³-hybridized carbons (Fsp3) is 0.440. The number of aromatic nitrogens is 3. The van der Waals surface area contributed by atoms with Crippen molar-refractivity contribution < 1.29 is 0 Å². The molecule has 1 saturated heterocycles. The van der Waals surface area contributed by atoms with Gasteiger partial charge >= 0.3 is 0 Å². The normalized spacial score (nSPS) is 18.6. The van der Waals surface area contributed by atoms with E-state index >= 15 is 0 Å². The van der Waals surface area contributed by atoms with Crippen LogP contribution in [0.3, 0.4) is 0 Å². The molecule has 0 radical (unpaired) electrons. The summed E-state index contributed by atoms with van der Waals surface area (Å²) in [5.74, 6) is 0. The molecule has 0 atom stereocenters. The maximum atomic E-state index is 4.61. The predicted molar refractivity (Wildman–Crippen MR) is 121 cm³/mol. The molecule has 3 aromatic rings.